The fourth-order valence-electron chi connectivity index (χ4n) is 1.48. The highest BCUT2D eigenvalue weighted by atomic mass is 32.2. The van der Waals surface area contributed by atoms with Gasteiger partial charge in [0.2, 0.25) is 5.95 Å². The molecule has 0 unspecified atom stereocenters. The molecule has 1 aromatic carbocycles. The van der Waals surface area contributed by atoms with E-state index in [0.29, 0.717) is 10.6 Å². The van der Waals surface area contributed by atoms with Crippen molar-refractivity contribution in [2.45, 2.75) is 4.90 Å². The number of hydrogen-bond acceptors (Lipinski definition) is 3. The minimum absolute atomic E-state index is 0.190. The number of anilines is 1. The summed E-state index contributed by atoms with van der Waals surface area (Å²) in [5, 5.41) is 2.62. The van der Waals surface area contributed by atoms with Crippen molar-refractivity contribution in [1.82, 2.24) is 4.98 Å². The second-order valence-electron chi connectivity index (χ2n) is 3.80. The molecule has 0 aliphatic heterocycles. The Labute approximate surface area is 112 Å². The number of pyridine rings is 1. The average Bonchev–Trinajstić information content (AvgIpc) is 2.39. The molecule has 0 bridgehead atoms. The largest absolute Gasteiger partial charge is 0.322 e. The van der Waals surface area contributed by atoms with E-state index in [-0.39, 0.29) is 5.56 Å². The molecule has 0 aliphatic rings. The van der Waals surface area contributed by atoms with Gasteiger partial charge in [0.1, 0.15) is 0 Å². The molecule has 98 valence electrons. The summed E-state index contributed by atoms with van der Waals surface area (Å²) in [5.41, 5.74) is 0.743. The molecule has 1 heterocycles. The van der Waals surface area contributed by atoms with Crippen LogP contribution in [0.4, 0.5) is 10.1 Å². The quantitative estimate of drug-likeness (QED) is 0.876. The van der Waals surface area contributed by atoms with Gasteiger partial charge in [0, 0.05) is 45.5 Å². The molecule has 0 saturated heterocycles. The maximum Gasteiger partial charge on any atom is 0.255 e. The molecule has 1 aromatic heterocycles. The number of nitrogens with zero attached hydrogens (tertiary/aromatic N) is 1. The van der Waals surface area contributed by atoms with Gasteiger partial charge in [-0.25, -0.2) is 4.98 Å². The average molecular weight is 278 g/mol. The second-order valence-corrected chi connectivity index (χ2v) is 5.18. The number of benzene rings is 1. The number of carbonyl (C=O) groups excluding carboxylic acids is 1. The Kier molecular flexibility index (Phi) is 4.01. The Morgan fingerprint density at radius 1 is 1.26 bits per heavy atom. The van der Waals surface area contributed by atoms with E-state index in [1.165, 1.54) is 12.3 Å². The van der Waals surface area contributed by atoms with E-state index in [2.05, 4.69) is 10.3 Å². The molecular formula is C13H11FN2O2S. The first-order chi connectivity index (χ1) is 9.06. The standard InChI is InChI=1S/C13H11FN2O2S/c1-19(18)11-4-2-10(3-5-11)16-13(17)9-6-7-15-12(14)8-9/h2-8H,1H3,(H,16,17)/t19-/m0/s1. The van der Waals surface area contributed by atoms with Crippen LogP contribution in [0, 0.1) is 5.95 Å². The summed E-state index contributed by atoms with van der Waals surface area (Å²) < 4.78 is 24.1. The zero-order valence-electron chi connectivity index (χ0n) is 10.1. The van der Waals surface area contributed by atoms with Gasteiger partial charge < -0.3 is 5.32 Å². The summed E-state index contributed by atoms with van der Waals surface area (Å²) >= 11 is 0. The summed E-state index contributed by atoms with van der Waals surface area (Å²) in [5.74, 6) is -1.13. The Balaban J connectivity index is 2.13. The van der Waals surface area contributed by atoms with E-state index < -0.39 is 22.7 Å². The first-order valence-corrected chi connectivity index (χ1v) is 6.98. The predicted molar refractivity (Wildman–Crippen MR) is 70.9 cm³/mol. The van der Waals surface area contributed by atoms with Gasteiger partial charge in [-0.1, -0.05) is 0 Å². The summed E-state index contributed by atoms with van der Waals surface area (Å²) in [6.45, 7) is 0. The number of carbonyl (C=O) groups is 1. The molecule has 2 rings (SSSR count). The lowest BCUT2D eigenvalue weighted by Crippen LogP contribution is -2.12. The van der Waals surface area contributed by atoms with E-state index in [9.17, 15) is 13.4 Å². The monoisotopic (exact) mass is 278 g/mol. The molecule has 1 atom stereocenters. The molecule has 6 heteroatoms. The fourth-order valence-corrected chi connectivity index (χ4v) is 2.00. The van der Waals surface area contributed by atoms with Gasteiger partial charge >= 0.3 is 0 Å². The van der Waals surface area contributed by atoms with E-state index in [1.807, 2.05) is 0 Å². The van der Waals surface area contributed by atoms with Crippen LogP contribution in [0.5, 0.6) is 0 Å². The molecule has 0 saturated carbocycles. The molecule has 1 amide bonds. The third-order valence-electron chi connectivity index (χ3n) is 2.43. The minimum Gasteiger partial charge on any atom is -0.322 e. The van der Waals surface area contributed by atoms with Crippen LogP contribution >= 0.6 is 0 Å². The summed E-state index contributed by atoms with van der Waals surface area (Å²) in [4.78, 5) is 15.9. The van der Waals surface area contributed by atoms with Crippen molar-refractivity contribution in [3.05, 3.63) is 54.1 Å². The van der Waals surface area contributed by atoms with Crippen molar-refractivity contribution < 1.29 is 13.4 Å². The van der Waals surface area contributed by atoms with Crippen molar-refractivity contribution in [2.75, 3.05) is 11.6 Å². The normalized spacial score (nSPS) is 11.9. The lowest BCUT2D eigenvalue weighted by Gasteiger charge is -2.05. The number of halogens is 1. The lowest BCUT2D eigenvalue weighted by atomic mass is 10.2. The van der Waals surface area contributed by atoms with Gasteiger partial charge in [0.05, 0.1) is 0 Å². The zero-order chi connectivity index (χ0) is 13.8. The number of hydrogen-bond donors (Lipinski definition) is 1. The molecule has 4 nitrogen and oxygen atoms in total. The number of aromatic nitrogens is 1. The maximum absolute atomic E-state index is 12.9. The van der Waals surface area contributed by atoms with Crippen LogP contribution in [0.25, 0.3) is 0 Å². The Hall–Kier alpha value is -2.08. The highest BCUT2D eigenvalue weighted by Crippen LogP contribution is 2.13. The van der Waals surface area contributed by atoms with Gasteiger partial charge in [-0.2, -0.15) is 4.39 Å². The summed E-state index contributed by atoms with van der Waals surface area (Å²) in [6, 6.07) is 9.11. The summed E-state index contributed by atoms with van der Waals surface area (Å²) in [7, 11) is -1.06. The third kappa shape index (κ3) is 3.45. The Bertz CT molecular complexity index is 629. The van der Waals surface area contributed by atoms with Crippen LogP contribution in [0.2, 0.25) is 0 Å². The number of amides is 1. The SMILES string of the molecule is C[S@](=O)c1ccc(NC(=O)c2ccnc(F)c2)cc1. The van der Waals surface area contributed by atoms with Crippen LogP contribution in [0.15, 0.2) is 47.5 Å². The third-order valence-corrected chi connectivity index (χ3v) is 3.37. The fraction of sp³-hybridized carbons (Fsp3) is 0.0769. The molecule has 0 fully saturated rings. The van der Waals surface area contributed by atoms with Gasteiger partial charge in [-0.05, 0) is 30.3 Å². The van der Waals surface area contributed by atoms with Crippen LogP contribution in [-0.2, 0) is 10.8 Å². The molecule has 0 radical (unpaired) electrons. The number of nitrogens with one attached hydrogen (secondary N) is 1. The van der Waals surface area contributed by atoms with E-state index in [0.717, 1.165) is 6.07 Å². The molecule has 0 aliphatic carbocycles. The molecular weight excluding hydrogens is 267 g/mol. The van der Waals surface area contributed by atoms with Crippen LogP contribution < -0.4 is 5.32 Å². The highest BCUT2D eigenvalue weighted by molar-refractivity contribution is 7.84. The molecule has 0 spiro atoms. The smallest absolute Gasteiger partial charge is 0.255 e. The van der Waals surface area contributed by atoms with Gasteiger partial charge in [0.25, 0.3) is 5.91 Å². The van der Waals surface area contributed by atoms with Crippen LogP contribution in [0.1, 0.15) is 10.4 Å². The van der Waals surface area contributed by atoms with Crippen molar-refractivity contribution in [1.29, 1.82) is 0 Å². The van der Waals surface area contributed by atoms with Gasteiger partial charge in [0.15, 0.2) is 0 Å². The molecule has 2 aromatic rings. The van der Waals surface area contributed by atoms with Crippen LogP contribution in [-0.4, -0.2) is 21.4 Å². The topological polar surface area (TPSA) is 59.1 Å². The first kappa shape index (κ1) is 13.4. The predicted octanol–water partition coefficient (Wildman–Crippen LogP) is 2.21. The summed E-state index contributed by atoms with van der Waals surface area (Å²) in [6.07, 6.45) is 2.81. The van der Waals surface area contributed by atoms with Crippen molar-refractivity contribution in [3.8, 4) is 0 Å². The zero-order valence-corrected chi connectivity index (χ0v) is 10.9. The van der Waals surface area contributed by atoms with Gasteiger partial charge in [-0.15, -0.1) is 0 Å². The lowest BCUT2D eigenvalue weighted by molar-refractivity contribution is 0.102. The molecule has 1 N–H and O–H groups in total. The second kappa shape index (κ2) is 5.71. The van der Waals surface area contributed by atoms with E-state index >= 15 is 0 Å². The Morgan fingerprint density at radius 2 is 1.95 bits per heavy atom. The Morgan fingerprint density at radius 3 is 2.53 bits per heavy atom. The van der Waals surface area contributed by atoms with Gasteiger partial charge in [-0.3, -0.25) is 9.00 Å². The van der Waals surface area contributed by atoms with Crippen LogP contribution in [0.3, 0.4) is 0 Å². The maximum atomic E-state index is 12.9. The van der Waals surface area contributed by atoms with Crippen molar-refractivity contribution >= 4 is 22.4 Å². The first-order valence-electron chi connectivity index (χ1n) is 5.42. The van der Waals surface area contributed by atoms with E-state index in [4.69, 9.17) is 0 Å². The van der Waals surface area contributed by atoms with Crippen molar-refractivity contribution in [3.63, 3.8) is 0 Å². The van der Waals surface area contributed by atoms with Crippen molar-refractivity contribution in [2.24, 2.45) is 0 Å². The minimum atomic E-state index is -1.06. The number of rotatable bonds is 3. The highest BCUT2D eigenvalue weighted by Gasteiger charge is 2.07. The molecule has 19 heavy (non-hydrogen) atoms. The van der Waals surface area contributed by atoms with E-state index in [1.54, 1.807) is 30.5 Å².